The maximum absolute atomic E-state index is 12.5. The van der Waals surface area contributed by atoms with E-state index in [-0.39, 0.29) is 16.8 Å². The topological polar surface area (TPSA) is 38.3 Å². The number of rotatable bonds is 6. The molecule has 20 heavy (non-hydrogen) atoms. The summed E-state index contributed by atoms with van der Waals surface area (Å²) < 4.78 is 5.16. The number of hydrogen-bond acceptors (Lipinski definition) is 3. The van der Waals surface area contributed by atoms with Gasteiger partial charge in [-0.1, -0.05) is 34.6 Å². The molecule has 0 aliphatic carbocycles. The maximum Gasteiger partial charge on any atom is 0.313 e. The molecule has 1 saturated heterocycles. The minimum atomic E-state index is -0.336. The van der Waals surface area contributed by atoms with Gasteiger partial charge in [-0.2, -0.15) is 0 Å². The monoisotopic (exact) mass is 283 g/mol. The van der Waals surface area contributed by atoms with Crippen molar-refractivity contribution in [2.75, 3.05) is 20.2 Å². The first-order valence-corrected chi connectivity index (χ1v) is 8.11. The van der Waals surface area contributed by atoms with Crippen molar-refractivity contribution in [1.29, 1.82) is 0 Å². The summed E-state index contributed by atoms with van der Waals surface area (Å²) in [5.41, 5.74) is -0.124. The van der Waals surface area contributed by atoms with Gasteiger partial charge in [-0.15, -0.1) is 0 Å². The van der Waals surface area contributed by atoms with Crippen LogP contribution in [-0.2, 0) is 9.53 Å². The zero-order chi connectivity index (χ0) is 15.4. The Morgan fingerprint density at radius 3 is 2.35 bits per heavy atom. The van der Waals surface area contributed by atoms with Gasteiger partial charge in [-0.25, -0.2) is 0 Å². The van der Waals surface area contributed by atoms with Crippen LogP contribution < -0.4 is 5.32 Å². The minimum absolute atomic E-state index is 0.0242. The van der Waals surface area contributed by atoms with Crippen LogP contribution in [0.1, 0.15) is 60.3 Å². The summed E-state index contributed by atoms with van der Waals surface area (Å²) in [6.07, 6.45) is 4.08. The Morgan fingerprint density at radius 2 is 1.90 bits per heavy atom. The van der Waals surface area contributed by atoms with Crippen molar-refractivity contribution >= 4 is 5.97 Å². The lowest BCUT2D eigenvalue weighted by Crippen LogP contribution is -2.56. The summed E-state index contributed by atoms with van der Waals surface area (Å²) in [7, 11) is 1.52. The highest BCUT2D eigenvalue weighted by atomic mass is 16.5. The lowest BCUT2D eigenvalue weighted by molar-refractivity contribution is -0.158. The van der Waals surface area contributed by atoms with Crippen LogP contribution in [-0.4, -0.2) is 26.2 Å². The number of esters is 1. The summed E-state index contributed by atoms with van der Waals surface area (Å²) in [5.74, 6) is 1.17. The van der Waals surface area contributed by atoms with Crippen molar-refractivity contribution in [1.82, 2.24) is 5.32 Å². The number of nitrogens with one attached hydrogen (secondary N) is 1. The molecule has 0 aromatic heterocycles. The molecule has 3 heteroatoms. The van der Waals surface area contributed by atoms with Crippen molar-refractivity contribution in [2.45, 2.75) is 60.3 Å². The van der Waals surface area contributed by atoms with Crippen molar-refractivity contribution in [3.05, 3.63) is 0 Å². The molecule has 1 aliphatic heterocycles. The Balaban J connectivity index is 3.01. The highest BCUT2D eigenvalue weighted by Gasteiger charge is 2.50. The van der Waals surface area contributed by atoms with Crippen LogP contribution in [0.2, 0.25) is 0 Å². The van der Waals surface area contributed by atoms with E-state index in [1.54, 1.807) is 0 Å². The van der Waals surface area contributed by atoms with E-state index < -0.39 is 0 Å². The van der Waals surface area contributed by atoms with E-state index in [2.05, 4.69) is 39.9 Å². The van der Waals surface area contributed by atoms with E-state index in [0.29, 0.717) is 11.8 Å². The number of hydrogen-bond donors (Lipinski definition) is 1. The summed E-state index contributed by atoms with van der Waals surface area (Å²) in [5, 5.41) is 3.54. The molecular formula is C17H33NO2. The first kappa shape index (κ1) is 17.5. The van der Waals surface area contributed by atoms with E-state index in [1.165, 1.54) is 7.11 Å². The van der Waals surface area contributed by atoms with Gasteiger partial charge in [0.25, 0.3) is 0 Å². The Morgan fingerprint density at radius 1 is 1.25 bits per heavy atom. The highest BCUT2D eigenvalue weighted by molar-refractivity contribution is 5.77. The minimum Gasteiger partial charge on any atom is -0.469 e. The van der Waals surface area contributed by atoms with Crippen molar-refractivity contribution in [3.63, 3.8) is 0 Å². The molecule has 1 fully saturated rings. The lowest BCUT2D eigenvalue weighted by atomic mass is 9.60. The van der Waals surface area contributed by atoms with Gasteiger partial charge in [-0.3, -0.25) is 4.79 Å². The maximum atomic E-state index is 12.5. The first-order chi connectivity index (χ1) is 9.32. The number of methoxy groups -OCH3 is 1. The summed E-state index contributed by atoms with van der Waals surface area (Å²) in [6, 6.07) is 0. The fourth-order valence-electron chi connectivity index (χ4n) is 3.62. The molecule has 0 saturated carbocycles. The molecule has 0 spiro atoms. The van der Waals surface area contributed by atoms with E-state index in [9.17, 15) is 4.79 Å². The smallest absolute Gasteiger partial charge is 0.313 e. The average molecular weight is 283 g/mol. The largest absolute Gasteiger partial charge is 0.469 e. The molecule has 1 rings (SSSR count). The predicted molar refractivity (Wildman–Crippen MR) is 83.6 cm³/mol. The highest BCUT2D eigenvalue weighted by Crippen LogP contribution is 2.47. The zero-order valence-corrected chi connectivity index (χ0v) is 14.2. The Labute approximate surface area is 124 Å². The van der Waals surface area contributed by atoms with Gasteiger partial charge in [0.2, 0.25) is 0 Å². The van der Waals surface area contributed by atoms with Crippen molar-refractivity contribution in [3.8, 4) is 0 Å². The lowest BCUT2D eigenvalue weighted by Gasteiger charge is -2.49. The van der Waals surface area contributed by atoms with Gasteiger partial charge in [0.15, 0.2) is 0 Å². The van der Waals surface area contributed by atoms with Gasteiger partial charge in [0.1, 0.15) is 0 Å². The molecule has 0 amide bonds. The Hall–Kier alpha value is -0.570. The molecule has 0 radical (unpaired) electrons. The van der Waals surface area contributed by atoms with Crippen LogP contribution in [0.15, 0.2) is 0 Å². The van der Waals surface area contributed by atoms with Crippen LogP contribution in [0.3, 0.4) is 0 Å². The van der Waals surface area contributed by atoms with Crippen LogP contribution in [0.4, 0.5) is 0 Å². The molecule has 3 nitrogen and oxygen atoms in total. The van der Waals surface area contributed by atoms with Crippen molar-refractivity contribution in [2.24, 2.45) is 22.7 Å². The molecule has 1 unspecified atom stereocenters. The molecule has 118 valence electrons. The second-order valence-electron chi connectivity index (χ2n) is 7.36. The second kappa shape index (κ2) is 6.93. The van der Waals surface area contributed by atoms with E-state index in [4.69, 9.17) is 4.74 Å². The molecule has 0 bridgehead atoms. The van der Waals surface area contributed by atoms with Gasteiger partial charge < -0.3 is 10.1 Å². The molecule has 0 aromatic carbocycles. The van der Waals surface area contributed by atoms with Gasteiger partial charge in [0.05, 0.1) is 12.5 Å². The van der Waals surface area contributed by atoms with Gasteiger partial charge in [-0.05, 0) is 42.9 Å². The van der Waals surface area contributed by atoms with Gasteiger partial charge >= 0.3 is 5.97 Å². The SMILES string of the molecule is CCC1(C(C)C)CNC[C@](CCC(C)C)(C(=O)OC)C1. The standard InChI is InChI=1S/C17H33NO2/c1-7-16(14(4)5)10-17(12-18-11-16,15(19)20-6)9-8-13(2)3/h13-14,18H,7-12H2,1-6H3/t16?,17-/m1/s1. The molecule has 1 heterocycles. The first-order valence-electron chi connectivity index (χ1n) is 8.11. The zero-order valence-electron chi connectivity index (χ0n) is 14.2. The third-order valence-electron chi connectivity index (χ3n) is 5.38. The fraction of sp³-hybridized carbons (Fsp3) is 0.941. The number of carbonyl (C=O) groups excluding carboxylic acids is 1. The Kier molecular flexibility index (Phi) is 6.06. The van der Waals surface area contributed by atoms with Crippen LogP contribution >= 0.6 is 0 Å². The summed E-state index contributed by atoms with van der Waals surface area (Å²) in [4.78, 5) is 12.5. The van der Waals surface area contributed by atoms with Gasteiger partial charge in [0, 0.05) is 13.1 Å². The number of carbonyl (C=O) groups is 1. The van der Waals surface area contributed by atoms with E-state index in [0.717, 1.165) is 38.8 Å². The molecule has 2 atom stereocenters. The molecule has 1 aliphatic rings. The fourth-order valence-corrected chi connectivity index (χ4v) is 3.62. The second-order valence-corrected chi connectivity index (χ2v) is 7.36. The average Bonchev–Trinajstić information content (AvgIpc) is 2.44. The van der Waals surface area contributed by atoms with Crippen LogP contribution in [0.25, 0.3) is 0 Å². The normalized spacial score (nSPS) is 30.8. The van der Waals surface area contributed by atoms with Crippen molar-refractivity contribution < 1.29 is 9.53 Å². The predicted octanol–water partition coefficient (Wildman–Crippen LogP) is 3.63. The number of piperidine rings is 1. The molecule has 1 N–H and O–H groups in total. The number of ether oxygens (including phenoxy) is 1. The van der Waals surface area contributed by atoms with Crippen LogP contribution in [0, 0.1) is 22.7 Å². The molecule has 0 aromatic rings. The summed E-state index contributed by atoms with van der Waals surface area (Å²) >= 11 is 0. The molecular weight excluding hydrogens is 250 g/mol. The third-order valence-corrected chi connectivity index (χ3v) is 5.38. The Bertz CT molecular complexity index is 327. The van der Waals surface area contributed by atoms with E-state index in [1.807, 2.05) is 0 Å². The quantitative estimate of drug-likeness (QED) is 0.757. The van der Waals surface area contributed by atoms with E-state index >= 15 is 0 Å². The summed E-state index contributed by atoms with van der Waals surface area (Å²) in [6.45, 7) is 13.0. The third kappa shape index (κ3) is 3.55. The van der Waals surface area contributed by atoms with Crippen LogP contribution in [0.5, 0.6) is 0 Å².